The van der Waals surface area contributed by atoms with Crippen LogP contribution in [-0.2, 0) is 19.6 Å². The van der Waals surface area contributed by atoms with Gasteiger partial charge in [0.2, 0.25) is 0 Å². The van der Waals surface area contributed by atoms with E-state index in [1.807, 2.05) is 0 Å². The Balaban J connectivity index is 3.00. The maximum absolute atomic E-state index is 11.2. The molecule has 0 aromatic rings. The van der Waals surface area contributed by atoms with Crippen LogP contribution in [0, 0.1) is 0 Å². The van der Waals surface area contributed by atoms with Gasteiger partial charge in [-0.05, 0) is 26.2 Å². The summed E-state index contributed by atoms with van der Waals surface area (Å²) in [7, 11) is -4.24. The number of hydrogen-bond donors (Lipinski definition) is 1. The highest BCUT2D eigenvalue weighted by Gasteiger charge is 2.29. The average Bonchev–Trinajstić information content (AvgIpc) is 2.50. The van der Waals surface area contributed by atoms with Crippen molar-refractivity contribution in [3.8, 4) is 0 Å². The Morgan fingerprint density at radius 1 is 1.50 bits per heavy atom. The number of carbonyl (C=O) groups excluding carboxylic acids is 1. The van der Waals surface area contributed by atoms with Crippen LogP contribution in [0.2, 0.25) is 0 Å². The van der Waals surface area contributed by atoms with Crippen LogP contribution in [0.1, 0.15) is 26.2 Å². The van der Waals surface area contributed by atoms with Gasteiger partial charge in [-0.15, -0.1) is 0 Å². The van der Waals surface area contributed by atoms with Crippen molar-refractivity contribution in [3.05, 3.63) is 10.5 Å². The monoisotopic (exact) mass is 220 g/mol. The van der Waals surface area contributed by atoms with Gasteiger partial charge >= 0.3 is 5.97 Å². The maximum atomic E-state index is 11.2. The number of rotatable bonds is 3. The molecule has 0 spiro atoms. The van der Waals surface area contributed by atoms with Crippen molar-refractivity contribution >= 4 is 16.1 Å². The molecule has 0 saturated carbocycles. The molecule has 1 aliphatic rings. The van der Waals surface area contributed by atoms with Crippen LogP contribution >= 0.6 is 0 Å². The lowest BCUT2D eigenvalue weighted by Gasteiger charge is -2.03. The zero-order valence-corrected chi connectivity index (χ0v) is 8.63. The van der Waals surface area contributed by atoms with Gasteiger partial charge in [-0.2, -0.15) is 8.42 Å². The third-order valence-corrected chi connectivity index (χ3v) is 3.07. The van der Waals surface area contributed by atoms with E-state index in [-0.39, 0.29) is 23.5 Å². The van der Waals surface area contributed by atoms with E-state index in [0.29, 0.717) is 12.8 Å². The predicted molar refractivity (Wildman–Crippen MR) is 49.1 cm³/mol. The second-order valence-corrected chi connectivity index (χ2v) is 4.39. The van der Waals surface area contributed by atoms with Crippen LogP contribution in [0.15, 0.2) is 10.5 Å². The van der Waals surface area contributed by atoms with Gasteiger partial charge in [0, 0.05) is 0 Å². The van der Waals surface area contributed by atoms with Crippen molar-refractivity contribution < 1.29 is 22.5 Å². The minimum atomic E-state index is -4.24. The molecule has 14 heavy (non-hydrogen) atoms. The summed E-state index contributed by atoms with van der Waals surface area (Å²) in [6.07, 6.45) is 1.13. The van der Waals surface area contributed by atoms with Gasteiger partial charge in [0.1, 0.15) is 0 Å². The third-order valence-electron chi connectivity index (χ3n) is 2.00. The number of esters is 1. The highest BCUT2D eigenvalue weighted by atomic mass is 32.2. The molecule has 0 amide bonds. The fraction of sp³-hybridized carbons (Fsp3) is 0.625. The number of hydrogen-bond acceptors (Lipinski definition) is 4. The Morgan fingerprint density at radius 2 is 2.14 bits per heavy atom. The van der Waals surface area contributed by atoms with Gasteiger partial charge in [-0.3, -0.25) is 4.55 Å². The van der Waals surface area contributed by atoms with Crippen molar-refractivity contribution in [1.29, 1.82) is 0 Å². The molecule has 1 N–H and O–H groups in total. The first-order valence-electron chi connectivity index (χ1n) is 4.33. The van der Waals surface area contributed by atoms with Crippen LogP contribution in [0.3, 0.4) is 0 Å². The minimum Gasteiger partial charge on any atom is -0.463 e. The van der Waals surface area contributed by atoms with Gasteiger partial charge < -0.3 is 4.74 Å². The normalized spacial score (nSPS) is 17.3. The molecule has 5 nitrogen and oxygen atoms in total. The molecular formula is C8H12O5S. The lowest BCUT2D eigenvalue weighted by atomic mass is 10.2. The van der Waals surface area contributed by atoms with Gasteiger partial charge in [0.05, 0.1) is 17.1 Å². The molecule has 80 valence electrons. The zero-order valence-electron chi connectivity index (χ0n) is 7.82. The van der Waals surface area contributed by atoms with Crippen LogP contribution in [-0.4, -0.2) is 25.5 Å². The summed E-state index contributed by atoms with van der Waals surface area (Å²) in [4.78, 5) is 11.1. The zero-order chi connectivity index (χ0) is 10.8. The summed E-state index contributed by atoms with van der Waals surface area (Å²) < 4.78 is 35.2. The Hall–Kier alpha value is -0.880. The predicted octanol–water partition coefficient (Wildman–Crippen LogP) is 0.875. The first kappa shape index (κ1) is 11.2. The summed E-state index contributed by atoms with van der Waals surface area (Å²) in [6, 6.07) is 0. The van der Waals surface area contributed by atoms with Crippen LogP contribution < -0.4 is 0 Å². The van der Waals surface area contributed by atoms with E-state index in [2.05, 4.69) is 4.74 Å². The van der Waals surface area contributed by atoms with E-state index < -0.39 is 16.1 Å². The first-order valence-corrected chi connectivity index (χ1v) is 5.77. The van der Waals surface area contributed by atoms with Gasteiger partial charge in [0.25, 0.3) is 10.1 Å². The van der Waals surface area contributed by atoms with E-state index in [1.54, 1.807) is 6.92 Å². The van der Waals surface area contributed by atoms with Crippen LogP contribution in [0.5, 0.6) is 0 Å². The van der Waals surface area contributed by atoms with Gasteiger partial charge in [-0.1, -0.05) is 0 Å². The largest absolute Gasteiger partial charge is 0.463 e. The first-order chi connectivity index (χ1) is 6.46. The lowest BCUT2D eigenvalue weighted by molar-refractivity contribution is -0.138. The van der Waals surface area contributed by atoms with Crippen LogP contribution in [0.4, 0.5) is 0 Å². The molecule has 0 radical (unpaired) electrons. The molecule has 6 heteroatoms. The molecule has 0 aromatic heterocycles. The Bertz CT molecular complexity index is 365. The fourth-order valence-corrected chi connectivity index (χ4v) is 2.33. The summed E-state index contributed by atoms with van der Waals surface area (Å²) in [5, 5.41) is 0. The standard InChI is InChI=1S/C8H12O5S/c1-2-13-8(9)6-4-3-5-7(6)14(10,11)12/h2-5H2,1H3,(H,10,11,12). The molecule has 0 aliphatic heterocycles. The molecule has 0 bridgehead atoms. The number of allylic oxidation sites excluding steroid dienone is 1. The molecule has 0 atom stereocenters. The Kier molecular flexibility index (Phi) is 3.28. The molecule has 1 rings (SSSR count). The van der Waals surface area contributed by atoms with E-state index in [4.69, 9.17) is 4.55 Å². The summed E-state index contributed by atoms with van der Waals surface area (Å²) in [6.45, 7) is 1.83. The third kappa shape index (κ3) is 2.33. The summed E-state index contributed by atoms with van der Waals surface area (Å²) in [5.41, 5.74) is 0.0920. The number of ether oxygens (including phenoxy) is 1. The van der Waals surface area contributed by atoms with Gasteiger partial charge in [0.15, 0.2) is 0 Å². The van der Waals surface area contributed by atoms with E-state index in [0.717, 1.165) is 0 Å². The smallest absolute Gasteiger partial charge is 0.335 e. The van der Waals surface area contributed by atoms with E-state index in [9.17, 15) is 13.2 Å². The van der Waals surface area contributed by atoms with Crippen LogP contribution in [0.25, 0.3) is 0 Å². The van der Waals surface area contributed by atoms with Gasteiger partial charge in [-0.25, -0.2) is 4.79 Å². The SMILES string of the molecule is CCOC(=O)C1=C(S(=O)(=O)O)CCC1. The molecule has 0 aromatic carbocycles. The van der Waals surface area contributed by atoms with Crippen molar-refractivity contribution in [3.63, 3.8) is 0 Å². The molecule has 0 unspecified atom stereocenters. The molecule has 0 fully saturated rings. The van der Waals surface area contributed by atoms with Crippen molar-refractivity contribution in [2.75, 3.05) is 6.61 Å². The van der Waals surface area contributed by atoms with Crippen molar-refractivity contribution in [2.45, 2.75) is 26.2 Å². The fourth-order valence-electron chi connectivity index (χ4n) is 1.43. The van der Waals surface area contributed by atoms with Crippen molar-refractivity contribution in [1.82, 2.24) is 0 Å². The van der Waals surface area contributed by atoms with E-state index in [1.165, 1.54) is 0 Å². The highest BCUT2D eigenvalue weighted by Crippen LogP contribution is 2.30. The second kappa shape index (κ2) is 4.10. The minimum absolute atomic E-state index is 0.0920. The average molecular weight is 220 g/mol. The van der Waals surface area contributed by atoms with E-state index >= 15 is 0 Å². The molecule has 1 aliphatic carbocycles. The highest BCUT2D eigenvalue weighted by molar-refractivity contribution is 7.89. The lowest BCUT2D eigenvalue weighted by Crippen LogP contribution is -2.11. The Morgan fingerprint density at radius 3 is 2.64 bits per heavy atom. The topological polar surface area (TPSA) is 80.7 Å². The quantitative estimate of drug-likeness (QED) is 0.564. The van der Waals surface area contributed by atoms with Crippen molar-refractivity contribution in [2.24, 2.45) is 0 Å². The molecule has 0 heterocycles. The maximum Gasteiger partial charge on any atom is 0.335 e. The summed E-state index contributed by atoms with van der Waals surface area (Å²) in [5.74, 6) is -0.641. The Labute approximate surface area is 82.5 Å². The second-order valence-electron chi connectivity index (χ2n) is 2.95. The number of carbonyl (C=O) groups is 1. The molecule has 0 saturated heterocycles. The summed E-state index contributed by atoms with van der Waals surface area (Å²) >= 11 is 0. The molecular weight excluding hydrogens is 208 g/mol.